The molecule has 0 radical (unpaired) electrons. The summed E-state index contributed by atoms with van der Waals surface area (Å²) in [5.41, 5.74) is 0.581. The molecule has 4 rings (SSSR count). The fourth-order valence-electron chi connectivity index (χ4n) is 4.46. The van der Waals surface area contributed by atoms with E-state index in [4.69, 9.17) is 0 Å². The highest BCUT2D eigenvalue weighted by Crippen LogP contribution is 2.35. The third kappa shape index (κ3) is 4.92. The van der Waals surface area contributed by atoms with Gasteiger partial charge in [0.2, 0.25) is 5.91 Å². The van der Waals surface area contributed by atoms with E-state index in [0.29, 0.717) is 63.2 Å². The Balaban J connectivity index is 1.40. The minimum atomic E-state index is -4.51. The van der Waals surface area contributed by atoms with Crippen molar-refractivity contribution in [2.75, 3.05) is 26.2 Å². The van der Waals surface area contributed by atoms with Crippen molar-refractivity contribution in [2.45, 2.75) is 51.4 Å². The fourth-order valence-corrected chi connectivity index (χ4v) is 4.46. The number of halogens is 4. The van der Waals surface area contributed by atoms with Crippen molar-refractivity contribution in [3.63, 3.8) is 0 Å². The highest BCUT2D eigenvalue weighted by molar-refractivity contribution is 5.76. The van der Waals surface area contributed by atoms with Crippen molar-refractivity contribution < 1.29 is 22.4 Å². The molecule has 0 saturated carbocycles. The van der Waals surface area contributed by atoms with Gasteiger partial charge in [0.25, 0.3) is 0 Å². The SMILES string of the molecule is O=C(Cn1nc(C(F)(F)F)c2c1CCCCC2)N1CCN(Cc2ccccc2F)CC1. The Morgan fingerprint density at radius 1 is 1.00 bits per heavy atom. The van der Waals surface area contributed by atoms with Gasteiger partial charge in [0, 0.05) is 49.5 Å². The van der Waals surface area contributed by atoms with Gasteiger partial charge in [0.15, 0.2) is 5.69 Å². The van der Waals surface area contributed by atoms with Gasteiger partial charge >= 0.3 is 6.18 Å². The second kappa shape index (κ2) is 8.98. The van der Waals surface area contributed by atoms with E-state index < -0.39 is 11.9 Å². The maximum atomic E-state index is 13.9. The van der Waals surface area contributed by atoms with Crippen LogP contribution in [0.3, 0.4) is 0 Å². The van der Waals surface area contributed by atoms with Crippen LogP contribution in [0.25, 0.3) is 0 Å². The number of hydrogen-bond donors (Lipinski definition) is 0. The molecule has 1 aliphatic carbocycles. The molecule has 5 nitrogen and oxygen atoms in total. The minimum absolute atomic E-state index is 0.175. The number of fused-ring (bicyclic) bond motifs is 1. The highest BCUT2D eigenvalue weighted by atomic mass is 19.4. The average Bonchev–Trinajstić information content (AvgIpc) is 2.91. The van der Waals surface area contributed by atoms with Crippen LogP contribution in [0.1, 0.15) is 41.8 Å². The van der Waals surface area contributed by atoms with Crippen LogP contribution in [0.4, 0.5) is 17.6 Å². The highest BCUT2D eigenvalue weighted by Gasteiger charge is 2.39. The largest absolute Gasteiger partial charge is 0.435 e. The van der Waals surface area contributed by atoms with Crippen molar-refractivity contribution in [1.82, 2.24) is 19.6 Å². The molecule has 1 saturated heterocycles. The van der Waals surface area contributed by atoms with Crippen molar-refractivity contribution in [2.24, 2.45) is 0 Å². The number of piperazine rings is 1. The van der Waals surface area contributed by atoms with E-state index in [1.807, 2.05) is 0 Å². The first-order chi connectivity index (χ1) is 14.8. The topological polar surface area (TPSA) is 41.4 Å². The zero-order valence-electron chi connectivity index (χ0n) is 17.3. The molecule has 1 fully saturated rings. The quantitative estimate of drug-likeness (QED) is 0.541. The van der Waals surface area contributed by atoms with E-state index >= 15 is 0 Å². The van der Waals surface area contributed by atoms with Crippen LogP contribution in [0, 0.1) is 5.82 Å². The predicted octanol–water partition coefficient (Wildman–Crippen LogP) is 3.65. The molecule has 0 bridgehead atoms. The number of carbonyl (C=O) groups excluding carboxylic acids is 1. The summed E-state index contributed by atoms with van der Waals surface area (Å²) < 4.78 is 55.5. The maximum absolute atomic E-state index is 13.9. The van der Waals surface area contributed by atoms with Gasteiger partial charge in [-0.15, -0.1) is 0 Å². The summed E-state index contributed by atoms with van der Waals surface area (Å²) in [6, 6.07) is 6.61. The average molecular weight is 438 g/mol. The molecule has 168 valence electrons. The Hall–Kier alpha value is -2.42. The first-order valence-corrected chi connectivity index (χ1v) is 10.7. The Labute approximate surface area is 178 Å². The molecule has 0 atom stereocenters. The Morgan fingerprint density at radius 2 is 1.71 bits per heavy atom. The van der Waals surface area contributed by atoms with Gasteiger partial charge in [0.1, 0.15) is 12.4 Å². The van der Waals surface area contributed by atoms with E-state index in [1.54, 1.807) is 23.1 Å². The second-order valence-electron chi connectivity index (χ2n) is 8.24. The first kappa shape index (κ1) is 21.8. The second-order valence-corrected chi connectivity index (χ2v) is 8.24. The maximum Gasteiger partial charge on any atom is 0.435 e. The summed E-state index contributed by atoms with van der Waals surface area (Å²) >= 11 is 0. The standard InChI is InChI=1S/C22H26F4N4O/c23-18-8-5-4-6-16(18)14-28-10-12-29(13-11-28)20(31)15-30-19-9-3-1-2-7-17(19)21(27-30)22(24,25)26/h4-6,8H,1-3,7,9-15H2. The van der Waals surface area contributed by atoms with Crippen molar-refractivity contribution in [3.8, 4) is 0 Å². The van der Waals surface area contributed by atoms with Crippen LogP contribution < -0.4 is 0 Å². The summed E-state index contributed by atoms with van der Waals surface area (Å²) in [4.78, 5) is 16.6. The zero-order valence-corrected chi connectivity index (χ0v) is 17.3. The van der Waals surface area contributed by atoms with E-state index in [-0.39, 0.29) is 23.8 Å². The normalized spacial score (nSPS) is 18.0. The minimum Gasteiger partial charge on any atom is -0.339 e. The number of alkyl halides is 3. The number of benzene rings is 1. The van der Waals surface area contributed by atoms with Crippen LogP contribution in [-0.4, -0.2) is 51.7 Å². The number of nitrogens with zero attached hydrogens (tertiary/aromatic N) is 4. The summed E-state index contributed by atoms with van der Waals surface area (Å²) in [7, 11) is 0. The lowest BCUT2D eigenvalue weighted by molar-refractivity contribution is -0.142. The summed E-state index contributed by atoms with van der Waals surface area (Å²) in [6.45, 7) is 2.39. The number of amides is 1. The molecular weight excluding hydrogens is 412 g/mol. The lowest BCUT2D eigenvalue weighted by atomic mass is 10.1. The lowest BCUT2D eigenvalue weighted by Crippen LogP contribution is -2.49. The van der Waals surface area contributed by atoms with Gasteiger partial charge < -0.3 is 4.90 Å². The van der Waals surface area contributed by atoms with Crippen molar-refractivity contribution in [3.05, 3.63) is 52.6 Å². The Bertz CT molecular complexity index is 932. The van der Waals surface area contributed by atoms with Gasteiger partial charge in [-0.1, -0.05) is 24.6 Å². The van der Waals surface area contributed by atoms with Gasteiger partial charge in [-0.05, 0) is 31.7 Å². The molecule has 1 aliphatic heterocycles. The molecule has 2 aliphatic rings. The molecule has 31 heavy (non-hydrogen) atoms. The molecule has 0 N–H and O–H groups in total. The molecule has 1 amide bonds. The molecule has 1 aromatic heterocycles. The third-order valence-corrected chi connectivity index (χ3v) is 6.14. The van der Waals surface area contributed by atoms with E-state index in [9.17, 15) is 22.4 Å². The summed E-state index contributed by atoms with van der Waals surface area (Å²) in [5, 5.41) is 3.81. The van der Waals surface area contributed by atoms with Crippen LogP contribution in [-0.2, 0) is 36.9 Å². The predicted molar refractivity (Wildman–Crippen MR) is 107 cm³/mol. The third-order valence-electron chi connectivity index (χ3n) is 6.14. The first-order valence-electron chi connectivity index (χ1n) is 10.7. The molecular formula is C22H26F4N4O. The lowest BCUT2D eigenvalue weighted by Gasteiger charge is -2.35. The fraction of sp³-hybridized carbons (Fsp3) is 0.545. The van der Waals surface area contributed by atoms with E-state index in [2.05, 4.69) is 10.00 Å². The molecule has 0 unspecified atom stereocenters. The van der Waals surface area contributed by atoms with Gasteiger partial charge in [-0.3, -0.25) is 14.4 Å². The number of rotatable bonds is 4. The van der Waals surface area contributed by atoms with Crippen LogP contribution in [0.5, 0.6) is 0 Å². The Kier molecular flexibility index (Phi) is 6.31. The number of carbonyl (C=O) groups is 1. The molecule has 1 aromatic carbocycles. The monoisotopic (exact) mass is 438 g/mol. The molecule has 9 heteroatoms. The van der Waals surface area contributed by atoms with Crippen molar-refractivity contribution >= 4 is 5.91 Å². The van der Waals surface area contributed by atoms with Crippen LogP contribution in [0.15, 0.2) is 24.3 Å². The zero-order chi connectivity index (χ0) is 22.0. The van der Waals surface area contributed by atoms with Gasteiger partial charge in [-0.2, -0.15) is 18.3 Å². The summed E-state index contributed by atoms with van der Waals surface area (Å²) in [6.07, 6.45) is -1.25. The van der Waals surface area contributed by atoms with Crippen LogP contribution >= 0.6 is 0 Å². The van der Waals surface area contributed by atoms with Gasteiger partial charge in [-0.25, -0.2) is 4.39 Å². The Morgan fingerprint density at radius 3 is 2.42 bits per heavy atom. The van der Waals surface area contributed by atoms with Crippen molar-refractivity contribution in [1.29, 1.82) is 0 Å². The molecule has 2 heterocycles. The molecule has 0 spiro atoms. The molecule has 2 aromatic rings. The van der Waals surface area contributed by atoms with E-state index in [1.165, 1.54) is 10.7 Å². The number of hydrogen-bond acceptors (Lipinski definition) is 3. The van der Waals surface area contributed by atoms with Crippen LogP contribution in [0.2, 0.25) is 0 Å². The van der Waals surface area contributed by atoms with Gasteiger partial charge in [0.05, 0.1) is 0 Å². The number of aromatic nitrogens is 2. The smallest absolute Gasteiger partial charge is 0.339 e. The summed E-state index contributed by atoms with van der Waals surface area (Å²) in [5.74, 6) is -0.477. The van der Waals surface area contributed by atoms with E-state index in [0.717, 1.165) is 12.8 Å².